The van der Waals surface area contributed by atoms with Crippen molar-refractivity contribution in [3.05, 3.63) is 29.3 Å². The third kappa shape index (κ3) is 5.53. The molecule has 0 aliphatic carbocycles. The Hall–Kier alpha value is -0.960. The second-order valence-corrected chi connectivity index (χ2v) is 11.4. The van der Waals surface area contributed by atoms with Gasteiger partial charge in [0.25, 0.3) is 0 Å². The summed E-state index contributed by atoms with van der Waals surface area (Å²) >= 11 is 0. The first-order valence-electron chi connectivity index (χ1n) is 9.62. The molecule has 6 nitrogen and oxygen atoms in total. The Labute approximate surface area is 164 Å². The Balaban J connectivity index is 2.32. The van der Waals surface area contributed by atoms with Crippen molar-refractivity contribution in [3.63, 3.8) is 0 Å². The maximum Gasteiger partial charge on any atom is 0.243 e. The van der Waals surface area contributed by atoms with Crippen LogP contribution in [0.4, 0.5) is 0 Å². The van der Waals surface area contributed by atoms with Gasteiger partial charge in [-0.3, -0.25) is 0 Å². The minimum absolute atomic E-state index is 0.0620. The van der Waals surface area contributed by atoms with Crippen LogP contribution in [0.15, 0.2) is 23.1 Å². The average molecular weight is 417 g/mol. The Bertz CT molecular complexity index is 846. The molecule has 0 aromatic heterocycles. The van der Waals surface area contributed by atoms with Crippen LogP contribution in [0.25, 0.3) is 0 Å². The first kappa shape index (κ1) is 22.3. The normalized spacial score (nSPS) is 19.9. The SMILES string of the molecule is CCN(CC)CCCN([C@@H]1CCS(=O)(=O)C1)S(=O)(=O)c1cc(C)ccc1C. The zero-order chi connectivity index (χ0) is 20.2. The minimum Gasteiger partial charge on any atom is -0.304 e. The lowest BCUT2D eigenvalue weighted by molar-refractivity contribution is 0.269. The van der Waals surface area contributed by atoms with Gasteiger partial charge in [0.2, 0.25) is 10.0 Å². The van der Waals surface area contributed by atoms with E-state index in [1.165, 1.54) is 4.31 Å². The number of aryl methyl sites for hydroxylation is 2. The number of benzene rings is 1. The lowest BCUT2D eigenvalue weighted by atomic mass is 10.2. The first-order chi connectivity index (χ1) is 12.6. The van der Waals surface area contributed by atoms with Crippen LogP contribution in [0.1, 0.15) is 37.8 Å². The fourth-order valence-electron chi connectivity index (χ4n) is 3.60. The van der Waals surface area contributed by atoms with E-state index in [1.807, 2.05) is 19.1 Å². The molecule has 1 aliphatic heterocycles. The van der Waals surface area contributed by atoms with Gasteiger partial charge in [-0.15, -0.1) is 0 Å². The Morgan fingerprint density at radius 2 is 1.78 bits per heavy atom. The van der Waals surface area contributed by atoms with E-state index in [-0.39, 0.29) is 16.4 Å². The van der Waals surface area contributed by atoms with Crippen molar-refractivity contribution in [1.82, 2.24) is 9.21 Å². The second-order valence-electron chi connectivity index (χ2n) is 7.32. The first-order valence-corrected chi connectivity index (χ1v) is 12.9. The number of nitrogens with zero attached hydrogens (tertiary/aromatic N) is 2. The molecule has 0 unspecified atom stereocenters. The number of hydrogen-bond acceptors (Lipinski definition) is 5. The molecule has 2 rings (SSSR count). The van der Waals surface area contributed by atoms with E-state index in [2.05, 4.69) is 18.7 Å². The largest absolute Gasteiger partial charge is 0.304 e. The Morgan fingerprint density at radius 3 is 2.33 bits per heavy atom. The molecule has 0 radical (unpaired) electrons. The van der Waals surface area contributed by atoms with Crippen LogP contribution >= 0.6 is 0 Å². The molecule has 0 saturated carbocycles. The molecule has 1 aliphatic rings. The van der Waals surface area contributed by atoms with E-state index < -0.39 is 25.9 Å². The lowest BCUT2D eigenvalue weighted by Crippen LogP contribution is -2.43. The maximum atomic E-state index is 13.4. The van der Waals surface area contributed by atoms with Gasteiger partial charge < -0.3 is 4.90 Å². The molecule has 1 fully saturated rings. The van der Waals surface area contributed by atoms with Gasteiger partial charge in [0.15, 0.2) is 9.84 Å². The third-order valence-corrected chi connectivity index (χ3v) is 9.14. The monoisotopic (exact) mass is 416 g/mol. The van der Waals surface area contributed by atoms with E-state index >= 15 is 0 Å². The fraction of sp³-hybridized carbons (Fsp3) is 0.684. The molecule has 0 amide bonds. The number of rotatable bonds is 9. The molecular weight excluding hydrogens is 384 g/mol. The molecule has 0 spiro atoms. The zero-order valence-electron chi connectivity index (χ0n) is 16.8. The van der Waals surface area contributed by atoms with E-state index in [0.717, 1.165) is 25.2 Å². The summed E-state index contributed by atoms with van der Waals surface area (Å²) in [6.07, 6.45) is 1.06. The summed E-state index contributed by atoms with van der Waals surface area (Å²) in [6, 6.07) is 4.91. The van der Waals surface area contributed by atoms with Crippen molar-refractivity contribution >= 4 is 19.9 Å². The predicted molar refractivity (Wildman–Crippen MR) is 109 cm³/mol. The number of sulfonamides is 1. The van der Waals surface area contributed by atoms with Gasteiger partial charge in [-0.2, -0.15) is 4.31 Å². The van der Waals surface area contributed by atoms with E-state index in [0.29, 0.717) is 24.9 Å². The summed E-state index contributed by atoms with van der Waals surface area (Å²) < 4.78 is 52.3. The molecule has 8 heteroatoms. The highest BCUT2D eigenvalue weighted by molar-refractivity contribution is 7.92. The van der Waals surface area contributed by atoms with Gasteiger partial charge in [-0.25, -0.2) is 16.8 Å². The number of hydrogen-bond donors (Lipinski definition) is 0. The molecule has 1 aromatic rings. The van der Waals surface area contributed by atoms with Crippen LogP contribution in [0.2, 0.25) is 0 Å². The van der Waals surface area contributed by atoms with Gasteiger partial charge in [0, 0.05) is 12.6 Å². The van der Waals surface area contributed by atoms with Gasteiger partial charge in [0.05, 0.1) is 16.4 Å². The van der Waals surface area contributed by atoms with Crippen molar-refractivity contribution in [3.8, 4) is 0 Å². The molecule has 1 aromatic carbocycles. The van der Waals surface area contributed by atoms with Crippen molar-refractivity contribution in [2.24, 2.45) is 0 Å². The standard InChI is InChI=1S/C19H32N2O4S2/c1-5-20(6-2)11-7-12-21(18-10-13-26(22,23)15-18)27(24,25)19-14-16(3)8-9-17(19)4/h8-9,14,18H,5-7,10-13,15H2,1-4H3/t18-/m1/s1. The molecule has 154 valence electrons. The molecule has 0 N–H and O–H groups in total. The van der Waals surface area contributed by atoms with Crippen LogP contribution in [0.5, 0.6) is 0 Å². The molecule has 0 bridgehead atoms. The van der Waals surface area contributed by atoms with Crippen LogP contribution in [0.3, 0.4) is 0 Å². The second kappa shape index (κ2) is 9.03. The molecule has 27 heavy (non-hydrogen) atoms. The highest BCUT2D eigenvalue weighted by Gasteiger charge is 2.39. The summed E-state index contributed by atoms with van der Waals surface area (Å²) in [5.74, 6) is -0.0190. The van der Waals surface area contributed by atoms with E-state index in [4.69, 9.17) is 0 Å². The average Bonchev–Trinajstić information content (AvgIpc) is 2.96. The number of sulfone groups is 1. The minimum atomic E-state index is -3.75. The quantitative estimate of drug-likeness (QED) is 0.617. The van der Waals surface area contributed by atoms with Gasteiger partial charge >= 0.3 is 0 Å². The van der Waals surface area contributed by atoms with Crippen LogP contribution in [0, 0.1) is 13.8 Å². The van der Waals surface area contributed by atoms with Crippen molar-refractivity contribution < 1.29 is 16.8 Å². The van der Waals surface area contributed by atoms with Crippen LogP contribution in [-0.4, -0.2) is 69.8 Å². The molecule has 1 saturated heterocycles. The maximum absolute atomic E-state index is 13.4. The summed E-state index contributed by atoms with van der Waals surface area (Å²) in [7, 11) is -6.92. The van der Waals surface area contributed by atoms with Crippen molar-refractivity contribution in [1.29, 1.82) is 0 Å². The van der Waals surface area contributed by atoms with Crippen molar-refractivity contribution in [2.75, 3.05) is 37.7 Å². The van der Waals surface area contributed by atoms with Gasteiger partial charge in [-0.1, -0.05) is 26.0 Å². The molecule has 1 atom stereocenters. The predicted octanol–water partition coefficient (Wildman–Crippen LogP) is 2.21. The van der Waals surface area contributed by atoms with Gasteiger partial charge in [0.1, 0.15) is 0 Å². The highest BCUT2D eigenvalue weighted by Crippen LogP contribution is 2.27. The van der Waals surface area contributed by atoms with Crippen LogP contribution in [-0.2, 0) is 19.9 Å². The van der Waals surface area contributed by atoms with E-state index in [1.54, 1.807) is 13.0 Å². The Morgan fingerprint density at radius 1 is 1.11 bits per heavy atom. The molecule has 1 heterocycles. The highest BCUT2D eigenvalue weighted by atomic mass is 32.2. The summed E-state index contributed by atoms with van der Waals surface area (Å²) in [4.78, 5) is 2.53. The smallest absolute Gasteiger partial charge is 0.243 e. The topological polar surface area (TPSA) is 74.8 Å². The third-order valence-electron chi connectivity index (χ3n) is 5.29. The fourth-order valence-corrected chi connectivity index (χ4v) is 7.43. The molecular formula is C19H32N2O4S2. The van der Waals surface area contributed by atoms with Crippen LogP contribution < -0.4 is 0 Å². The summed E-state index contributed by atoms with van der Waals surface area (Å²) in [6.45, 7) is 10.8. The Kier molecular flexibility index (Phi) is 7.47. The lowest BCUT2D eigenvalue weighted by Gasteiger charge is -2.29. The van der Waals surface area contributed by atoms with Crippen molar-refractivity contribution in [2.45, 2.75) is 51.5 Å². The van der Waals surface area contributed by atoms with E-state index in [9.17, 15) is 16.8 Å². The zero-order valence-corrected chi connectivity index (χ0v) is 18.4. The van der Waals surface area contributed by atoms with Gasteiger partial charge in [-0.05, 0) is 63.5 Å². The summed E-state index contributed by atoms with van der Waals surface area (Å²) in [5.41, 5.74) is 1.57. The summed E-state index contributed by atoms with van der Waals surface area (Å²) in [5, 5.41) is 0.